The lowest BCUT2D eigenvalue weighted by Crippen LogP contribution is -2.41. The first-order valence-corrected chi connectivity index (χ1v) is 8.99. The third-order valence-corrected chi connectivity index (χ3v) is 8.19. The van der Waals surface area contributed by atoms with Crippen molar-refractivity contribution in [2.24, 2.45) is 0 Å². The van der Waals surface area contributed by atoms with Crippen LogP contribution in [0.5, 0.6) is 0 Å². The average molecular weight is 229 g/mol. The van der Waals surface area contributed by atoms with Crippen LogP contribution in [0.1, 0.15) is 52.4 Å². The van der Waals surface area contributed by atoms with Crippen LogP contribution in [0, 0.1) is 0 Å². The van der Waals surface area contributed by atoms with E-state index in [1.165, 1.54) is 50.0 Å². The Hall–Kier alpha value is 0.310. The highest BCUT2D eigenvalue weighted by Crippen LogP contribution is 2.57. The molecule has 2 rings (SSSR count). The van der Waals surface area contributed by atoms with Crippen LogP contribution in [0.15, 0.2) is 0 Å². The largest absolute Gasteiger partial charge is 0.262 e. The van der Waals surface area contributed by atoms with Gasteiger partial charge in [0.05, 0.1) is 0 Å². The van der Waals surface area contributed by atoms with Gasteiger partial charge in [-0.3, -0.25) is 4.31 Å². The molecule has 0 amide bonds. The first-order chi connectivity index (χ1) is 7.13. The van der Waals surface area contributed by atoms with Crippen LogP contribution >= 0.6 is 10.2 Å². The summed E-state index contributed by atoms with van der Waals surface area (Å²) in [5.74, 6) is 3.03. The molecule has 2 aliphatic rings. The molecule has 1 saturated carbocycles. The number of nitrogens with zero attached hydrogens (tertiary/aromatic N) is 1. The Kier molecular flexibility index (Phi) is 3.67. The van der Waals surface area contributed by atoms with Gasteiger partial charge in [0.15, 0.2) is 0 Å². The zero-order valence-electron chi connectivity index (χ0n) is 10.7. The van der Waals surface area contributed by atoms with Gasteiger partial charge in [0.2, 0.25) is 0 Å². The Morgan fingerprint density at radius 3 is 2.00 bits per heavy atom. The second kappa shape index (κ2) is 4.67. The van der Waals surface area contributed by atoms with Crippen LogP contribution in [0.25, 0.3) is 0 Å². The summed E-state index contributed by atoms with van der Waals surface area (Å²) in [5, 5.41) is 0. The fourth-order valence-electron chi connectivity index (χ4n) is 3.59. The predicted octanol–water partition coefficient (Wildman–Crippen LogP) is 3.78. The Labute approximate surface area is 97.1 Å². The normalized spacial score (nSPS) is 29.1. The van der Waals surface area contributed by atoms with Gasteiger partial charge < -0.3 is 0 Å². The van der Waals surface area contributed by atoms with Crippen LogP contribution in [0.4, 0.5) is 0 Å². The second-order valence-corrected chi connectivity index (χ2v) is 9.41. The zero-order chi connectivity index (χ0) is 10.9. The van der Waals surface area contributed by atoms with Crippen LogP contribution < -0.4 is 0 Å². The second-order valence-electron chi connectivity index (χ2n) is 5.73. The van der Waals surface area contributed by atoms with Crippen LogP contribution in [-0.2, 0) is 0 Å². The van der Waals surface area contributed by atoms with Crippen molar-refractivity contribution in [3.05, 3.63) is 0 Å². The summed E-state index contributed by atoms with van der Waals surface area (Å²) in [6, 6.07) is 1.70. The topological polar surface area (TPSA) is 3.24 Å². The van der Waals surface area contributed by atoms with Crippen molar-refractivity contribution < 1.29 is 0 Å². The first kappa shape index (κ1) is 11.8. The summed E-state index contributed by atoms with van der Waals surface area (Å²) in [6.45, 7) is 4.82. The predicted molar refractivity (Wildman–Crippen MR) is 71.7 cm³/mol. The molecule has 0 spiro atoms. The van der Waals surface area contributed by atoms with Gasteiger partial charge >= 0.3 is 0 Å². The number of hydrogen-bond donors (Lipinski definition) is 0. The molecule has 1 nitrogen and oxygen atoms in total. The third-order valence-electron chi connectivity index (χ3n) is 4.12. The lowest BCUT2D eigenvalue weighted by Gasteiger charge is -2.49. The SMILES string of the molecule is CC(C)N(C1CCCC1)S1(C)CCCC1. The van der Waals surface area contributed by atoms with Gasteiger partial charge in [-0.1, -0.05) is 12.8 Å². The van der Waals surface area contributed by atoms with Gasteiger partial charge in [-0.25, -0.2) is 0 Å². The molecular weight excluding hydrogens is 202 g/mol. The maximum Gasteiger partial charge on any atom is 0.0190 e. The molecule has 1 aliphatic carbocycles. The Bertz CT molecular complexity index is 203. The zero-order valence-corrected chi connectivity index (χ0v) is 11.5. The van der Waals surface area contributed by atoms with Crippen molar-refractivity contribution in [3.8, 4) is 0 Å². The van der Waals surface area contributed by atoms with E-state index in [0.29, 0.717) is 0 Å². The Morgan fingerprint density at radius 1 is 1.00 bits per heavy atom. The van der Waals surface area contributed by atoms with Crippen molar-refractivity contribution in [1.29, 1.82) is 0 Å². The van der Waals surface area contributed by atoms with E-state index < -0.39 is 10.2 Å². The van der Waals surface area contributed by atoms with Gasteiger partial charge in [0.25, 0.3) is 0 Å². The van der Waals surface area contributed by atoms with E-state index in [9.17, 15) is 0 Å². The highest BCUT2D eigenvalue weighted by molar-refractivity contribution is 8.31. The molecule has 0 aromatic heterocycles. The van der Waals surface area contributed by atoms with Crippen molar-refractivity contribution >= 4 is 10.2 Å². The van der Waals surface area contributed by atoms with Crippen LogP contribution in [0.2, 0.25) is 0 Å². The molecular formula is C13H27NS. The van der Waals surface area contributed by atoms with Gasteiger partial charge in [0.1, 0.15) is 0 Å². The summed E-state index contributed by atoms with van der Waals surface area (Å²) in [4.78, 5) is 0. The molecule has 0 N–H and O–H groups in total. The molecule has 2 heteroatoms. The fourth-order valence-corrected chi connectivity index (χ4v) is 7.81. The van der Waals surface area contributed by atoms with Gasteiger partial charge in [-0.15, -0.1) is 0 Å². The lowest BCUT2D eigenvalue weighted by atomic mass is 10.2. The molecule has 1 heterocycles. The molecule has 0 aromatic carbocycles. The molecule has 15 heavy (non-hydrogen) atoms. The maximum absolute atomic E-state index is 2.95. The van der Waals surface area contributed by atoms with E-state index in [4.69, 9.17) is 0 Å². The van der Waals surface area contributed by atoms with E-state index >= 15 is 0 Å². The number of rotatable bonds is 3. The van der Waals surface area contributed by atoms with Crippen molar-refractivity contribution in [1.82, 2.24) is 4.31 Å². The summed E-state index contributed by atoms with van der Waals surface area (Å²) in [5.41, 5.74) is 0. The van der Waals surface area contributed by atoms with Crippen molar-refractivity contribution in [3.63, 3.8) is 0 Å². The highest BCUT2D eigenvalue weighted by atomic mass is 32.3. The standard InChI is InChI=1S/C13H27NS/c1-12(2)14(13-8-4-5-9-13)15(3)10-6-7-11-15/h12-13H,4-11H2,1-3H3. The molecule has 1 saturated heterocycles. The van der Waals surface area contributed by atoms with Crippen LogP contribution in [0.3, 0.4) is 0 Å². The number of hydrogen-bond acceptors (Lipinski definition) is 1. The monoisotopic (exact) mass is 229 g/mol. The fraction of sp³-hybridized carbons (Fsp3) is 1.00. The molecule has 0 aromatic rings. The molecule has 1 aliphatic heterocycles. The van der Waals surface area contributed by atoms with E-state index in [1.807, 2.05) is 0 Å². The van der Waals surface area contributed by atoms with Gasteiger partial charge in [-0.05, 0) is 57.3 Å². The van der Waals surface area contributed by atoms with E-state index in [2.05, 4.69) is 24.4 Å². The lowest BCUT2D eigenvalue weighted by molar-refractivity contribution is 0.296. The minimum atomic E-state index is -0.394. The quantitative estimate of drug-likeness (QED) is 0.712. The van der Waals surface area contributed by atoms with Crippen molar-refractivity contribution in [2.45, 2.75) is 64.5 Å². The summed E-state index contributed by atoms with van der Waals surface area (Å²) in [7, 11) is -0.394. The smallest absolute Gasteiger partial charge is 0.0190 e. The molecule has 0 radical (unpaired) electrons. The Balaban J connectivity index is 2.10. The summed E-state index contributed by atoms with van der Waals surface area (Å²) in [6.07, 6.45) is 11.5. The highest BCUT2D eigenvalue weighted by Gasteiger charge is 2.37. The summed E-state index contributed by atoms with van der Waals surface area (Å²) < 4.78 is 2.95. The van der Waals surface area contributed by atoms with Crippen molar-refractivity contribution in [2.75, 3.05) is 17.8 Å². The van der Waals surface area contributed by atoms with E-state index in [1.54, 1.807) is 0 Å². The van der Waals surface area contributed by atoms with Crippen LogP contribution in [-0.4, -0.2) is 34.2 Å². The van der Waals surface area contributed by atoms with Gasteiger partial charge in [0, 0.05) is 12.1 Å². The first-order valence-electron chi connectivity index (χ1n) is 6.66. The maximum atomic E-state index is 2.95. The molecule has 2 fully saturated rings. The third kappa shape index (κ3) is 2.36. The summed E-state index contributed by atoms with van der Waals surface area (Å²) >= 11 is 0. The molecule has 0 atom stereocenters. The molecule has 0 unspecified atom stereocenters. The minimum Gasteiger partial charge on any atom is -0.262 e. The molecule has 0 bridgehead atoms. The average Bonchev–Trinajstić information content (AvgIpc) is 2.77. The Morgan fingerprint density at radius 2 is 1.53 bits per heavy atom. The van der Waals surface area contributed by atoms with E-state index in [0.717, 1.165) is 12.1 Å². The van der Waals surface area contributed by atoms with E-state index in [-0.39, 0.29) is 0 Å². The minimum absolute atomic E-state index is 0.394. The molecule has 90 valence electrons. The van der Waals surface area contributed by atoms with Gasteiger partial charge in [-0.2, -0.15) is 10.2 Å².